The molecular weight excluding hydrogens is 366 g/mol. The van der Waals surface area contributed by atoms with Crippen molar-refractivity contribution in [3.05, 3.63) is 60.4 Å². The van der Waals surface area contributed by atoms with E-state index >= 15 is 0 Å². The van der Waals surface area contributed by atoms with E-state index in [-0.39, 0.29) is 11.8 Å². The highest BCUT2D eigenvalue weighted by Crippen LogP contribution is 2.30. The zero-order valence-corrected chi connectivity index (χ0v) is 16.6. The van der Waals surface area contributed by atoms with Gasteiger partial charge in [-0.2, -0.15) is 0 Å². The quantitative estimate of drug-likeness (QED) is 0.677. The zero-order valence-electron chi connectivity index (χ0n) is 16.6. The molecule has 0 aromatic carbocycles. The first-order valence-corrected chi connectivity index (χ1v) is 9.64. The second kappa shape index (κ2) is 8.30. The Morgan fingerprint density at radius 2 is 1.86 bits per heavy atom. The molecule has 1 fully saturated rings. The maximum atomic E-state index is 12.7. The van der Waals surface area contributed by atoms with Gasteiger partial charge in [0.1, 0.15) is 11.5 Å². The average molecular weight is 389 g/mol. The van der Waals surface area contributed by atoms with Crippen molar-refractivity contribution in [2.45, 2.75) is 18.8 Å². The molecule has 1 aliphatic rings. The van der Waals surface area contributed by atoms with Crippen molar-refractivity contribution in [2.24, 2.45) is 0 Å². The van der Waals surface area contributed by atoms with Crippen LogP contribution in [0.5, 0.6) is 0 Å². The number of piperidine rings is 1. The van der Waals surface area contributed by atoms with Gasteiger partial charge < -0.3 is 9.80 Å². The third-order valence-corrected chi connectivity index (χ3v) is 5.09. The molecule has 0 unspecified atom stereocenters. The van der Waals surface area contributed by atoms with Crippen LogP contribution in [-0.4, -0.2) is 62.9 Å². The summed E-state index contributed by atoms with van der Waals surface area (Å²) < 4.78 is 0. The van der Waals surface area contributed by atoms with Gasteiger partial charge in [-0.15, -0.1) is 0 Å². The minimum absolute atomic E-state index is 0.0356. The molecule has 1 amide bonds. The number of likely N-dealkylation sites (tertiary alicyclic amines) is 1. The highest BCUT2D eigenvalue weighted by Gasteiger charge is 2.26. The number of aromatic nitrogens is 5. The van der Waals surface area contributed by atoms with E-state index in [0.717, 1.165) is 24.4 Å². The lowest BCUT2D eigenvalue weighted by atomic mass is 9.92. The molecule has 148 valence electrons. The number of hydrogen-bond donors (Lipinski definition) is 0. The molecule has 4 heterocycles. The van der Waals surface area contributed by atoms with Crippen LogP contribution in [0.3, 0.4) is 0 Å². The standard InChI is InChI=1S/C21H23N7O/c1-27(2)19-12-17(25-20(26-19)18-14-23-8-9-24-18)15-5-10-28(11-6-15)21(29)16-4-3-7-22-13-16/h3-4,7-9,12-15H,5-6,10-11H2,1-2H3. The van der Waals surface area contributed by atoms with Crippen LogP contribution in [0.4, 0.5) is 5.82 Å². The maximum absolute atomic E-state index is 12.7. The Morgan fingerprint density at radius 1 is 1.07 bits per heavy atom. The largest absolute Gasteiger partial charge is 0.363 e. The van der Waals surface area contributed by atoms with Crippen molar-refractivity contribution >= 4 is 11.7 Å². The monoisotopic (exact) mass is 389 g/mol. The van der Waals surface area contributed by atoms with E-state index in [0.29, 0.717) is 30.2 Å². The van der Waals surface area contributed by atoms with Gasteiger partial charge in [0.15, 0.2) is 5.82 Å². The second-order valence-electron chi connectivity index (χ2n) is 7.27. The average Bonchev–Trinajstić information content (AvgIpc) is 2.79. The van der Waals surface area contributed by atoms with Gasteiger partial charge in [-0.3, -0.25) is 14.8 Å². The Balaban J connectivity index is 1.53. The van der Waals surface area contributed by atoms with Gasteiger partial charge in [0.2, 0.25) is 0 Å². The van der Waals surface area contributed by atoms with Crippen LogP contribution in [0.2, 0.25) is 0 Å². The van der Waals surface area contributed by atoms with E-state index in [4.69, 9.17) is 4.98 Å². The van der Waals surface area contributed by atoms with Crippen LogP contribution < -0.4 is 4.90 Å². The van der Waals surface area contributed by atoms with Crippen molar-refractivity contribution in [1.29, 1.82) is 0 Å². The van der Waals surface area contributed by atoms with Crippen LogP contribution in [0.15, 0.2) is 49.2 Å². The van der Waals surface area contributed by atoms with Crippen molar-refractivity contribution in [2.75, 3.05) is 32.1 Å². The predicted octanol–water partition coefficient (Wildman–Crippen LogP) is 2.41. The lowest BCUT2D eigenvalue weighted by molar-refractivity contribution is 0.0711. The molecule has 8 heteroatoms. The Bertz CT molecular complexity index is 971. The molecule has 29 heavy (non-hydrogen) atoms. The first kappa shape index (κ1) is 18.9. The SMILES string of the molecule is CN(C)c1cc(C2CCN(C(=O)c3cccnc3)CC2)nc(-c2cnccn2)n1. The Morgan fingerprint density at radius 3 is 2.52 bits per heavy atom. The first-order chi connectivity index (χ1) is 14.1. The summed E-state index contributed by atoms with van der Waals surface area (Å²) in [7, 11) is 3.92. The molecule has 1 aliphatic heterocycles. The summed E-state index contributed by atoms with van der Waals surface area (Å²) in [6, 6.07) is 5.63. The maximum Gasteiger partial charge on any atom is 0.255 e. The van der Waals surface area contributed by atoms with E-state index in [1.54, 1.807) is 37.1 Å². The molecule has 3 aromatic heterocycles. The van der Waals surface area contributed by atoms with Crippen LogP contribution >= 0.6 is 0 Å². The molecule has 0 atom stereocenters. The van der Waals surface area contributed by atoms with Crippen molar-refractivity contribution < 1.29 is 4.79 Å². The minimum atomic E-state index is 0.0356. The molecule has 8 nitrogen and oxygen atoms in total. The van der Waals surface area contributed by atoms with Gasteiger partial charge >= 0.3 is 0 Å². The summed E-state index contributed by atoms with van der Waals surface area (Å²) in [5.74, 6) is 1.72. The molecule has 0 spiro atoms. The summed E-state index contributed by atoms with van der Waals surface area (Å²) in [6.45, 7) is 1.39. The fourth-order valence-corrected chi connectivity index (χ4v) is 3.47. The fourth-order valence-electron chi connectivity index (χ4n) is 3.47. The molecular formula is C21H23N7O. The van der Waals surface area contributed by atoms with Crippen LogP contribution in [-0.2, 0) is 0 Å². The van der Waals surface area contributed by atoms with E-state index < -0.39 is 0 Å². The Hall–Kier alpha value is -3.42. The van der Waals surface area contributed by atoms with Gasteiger partial charge in [0, 0.05) is 69.7 Å². The number of carbonyl (C=O) groups is 1. The summed E-state index contributed by atoms with van der Waals surface area (Å²) in [6.07, 6.45) is 9.96. The fraction of sp³-hybridized carbons (Fsp3) is 0.333. The van der Waals surface area contributed by atoms with Crippen molar-refractivity contribution in [3.63, 3.8) is 0 Å². The van der Waals surface area contributed by atoms with Crippen LogP contribution in [0.1, 0.15) is 34.8 Å². The molecule has 1 saturated heterocycles. The van der Waals surface area contributed by atoms with Gasteiger partial charge in [-0.1, -0.05) is 0 Å². The minimum Gasteiger partial charge on any atom is -0.363 e. The Kier molecular flexibility index (Phi) is 5.41. The van der Waals surface area contributed by atoms with Crippen molar-refractivity contribution in [3.8, 4) is 11.5 Å². The van der Waals surface area contributed by atoms with E-state index in [1.165, 1.54) is 0 Å². The van der Waals surface area contributed by atoms with E-state index in [1.807, 2.05) is 36.0 Å². The van der Waals surface area contributed by atoms with Crippen LogP contribution in [0, 0.1) is 0 Å². The van der Waals surface area contributed by atoms with Crippen molar-refractivity contribution in [1.82, 2.24) is 29.8 Å². The molecule has 0 saturated carbocycles. The zero-order chi connectivity index (χ0) is 20.2. The lowest BCUT2D eigenvalue weighted by Gasteiger charge is -2.32. The number of amides is 1. The number of nitrogens with zero attached hydrogens (tertiary/aromatic N) is 7. The molecule has 0 N–H and O–H groups in total. The third kappa shape index (κ3) is 4.21. The first-order valence-electron chi connectivity index (χ1n) is 9.64. The van der Waals surface area contributed by atoms with E-state index in [2.05, 4.69) is 19.9 Å². The number of carbonyl (C=O) groups excluding carboxylic acids is 1. The molecule has 0 radical (unpaired) electrons. The Labute approximate surface area is 169 Å². The molecule has 3 aromatic rings. The molecule has 0 aliphatic carbocycles. The number of pyridine rings is 1. The van der Waals surface area contributed by atoms with Gasteiger partial charge in [0.25, 0.3) is 5.91 Å². The van der Waals surface area contributed by atoms with Gasteiger partial charge in [-0.25, -0.2) is 15.0 Å². The second-order valence-corrected chi connectivity index (χ2v) is 7.27. The number of rotatable bonds is 4. The summed E-state index contributed by atoms with van der Waals surface area (Å²) in [4.78, 5) is 38.4. The highest BCUT2D eigenvalue weighted by atomic mass is 16.2. The summed E-state index contributed by atoms with van der Waals surface area (Å²) in [5.41, 5.74) is 2.27. The predicted molar refractivity (Wildman–Crippen MR) is 110 cm³/mol. The number of anilines is 1. The van der Waals surface area contributed by atoms with E-state index in [9.17, 15) is 4.79 Å². The topological polar surface area (TPSA) is 88.0 Å². The summed E-state index contributed by atoms with van der Waals surface area (Å²) in [5, 5.41) is 0. The lowest BCUT2D eigenvalue weighted by Crippen LogP contribution is -2.38. The summed E-state index contributed by atoms with van der Waals surface area (Å²) >= 11 is 0. The van der Waals surface area contributed by atoms with Crippen LogP contribution in [0.25, 0.3) is 11.5 Å². The highest BCUT2D eigenvalue weighted by molar-refractivity contribution is 5.93. The smallest absolute Gasteiger partial charge is 0.255 e. The molecule has 0 bridgehead atoms. The van der Waals surface area contributed by atoms with Gasteiger partial charge in [0.05, 0.1) is 11.8 Å². The third-order valence-electron chi connectivity index (χ3n) is 5.09. The number of hydrogen-bond acceptors (Lipinski definition) is 7. The van der Waals surface area contributed by atoms with Gasteiger partial charge in [-0.05, 0) is 25.0 Å². The molecule has 4 rings (SSSR count). The normalized spacial score (nSPS) is 14.6.